The molecule has 0 heterocycles. The van der Waals surface area contributed by atoms with Crippen molar-refractivity contribution in [3.05, 3.63) is 17.7 Å². The van der Waals surface area contributed by atoms with Crippen molar-refractivity contribution < 1.29 is 14.2 Å². The second kappa shape index (κ2) is 5.49. The molecule has 0 bridgehead atoms. The molecule has 3 heteroatoms. The van der Waals surface area contributed by atoms with E-state index in [1.54, 1.807) is 7.11 Å². The van der Waals surface area contributed by atoms with Crippen LogP contribution >= 0.6 is 0 Å². The molecule has 0 amide bonds. The van der Waals surface area contributed by atoms with Crippen molar-refractivity contribution in [3.63, 3.8) is 0 Å². The minimum Gasteiger partial charge on any atom is -0.493 e. The first-order chi connectivity index (χ1) is 7.24. The van der Waals surface area contributed by atoms with Crippen LogP contribution < -0.4 is 14.2 Å². The molecule has 0 aliphatic carbocycles. The number of rotatable bonds is 5. The van der Waals surface area contributed by atoms with Gasteiger partial charge in [-0.05, 0) is 32.9 Å². The first-order valence-electron chi connectivity index (χ1n) is 5.17. The van der Waals surface area contributed by atoms with Crippen LogP contribution in [0.25, 0.3) is 0 Å². The Kier molecular flexibility index (Phi) is 4.28. The van der Waals surface area contributed by atoms with Gasteiger partial charge in [-0.3, -0.25) is 0 Å². The molecule has 15 heavy (non-hydrogen) atoms. The second-order valence-corrected chi connectivity index (χ2v) is 3.09. The number of ether oxygens (including phenoxy) is 3. The maximum atomic E-state index is 5.48. The van der Waals surface area contributed by atoms with Gasteiger partial charge in [0.15, 0.2) is 11.5 Å². The molecule has 0 spiro atoms. The van der Waals surface area contributed by atoms with E-state index in [1.807, 2.05) is 32.9 Å². The van der Waals surface area contributed by atoms with Gasteiger partial charge in [-0.2, -0.15) is 0 Å². The largest absolute Gasteiger partial charge is 0.493 e. The molecule has 1 aromatic carbocycles. The van der Waals surface area contributed by atoms with Crippen molar-refractivity contribution in [3.8, 4) is 17.2 Å². The van der Waals surface area contributed by atoms with Crippen LogP contribution in [0, 0.1) is 6.92 Å². The molecule has 84 valence electrons. The van der Waals surface area contributed by atoms with Crippen LogP contribution in [0.3, 0.4) is 0 Å². The summed E-state index contributed by atoms with van der Waals surface area (Å²) in [5.74, 6) is 2.36. The van der Waals surface area contributed by atoms with Gasteiger partial charge in [0, 0.05) is 5.56 Å². The van der Waals surface area contributed by atoms with Gasteiger partial charge in [0.25, 0.3) is 0 Å². The molecule has 0 radical (unpaired) electrons. The molecule has 1 aromatic rings. The zero-order chi connectivity index (χ0) is 11.3. The Labute approximate surface area is 91.0 Å². The summed E-state index contributed by atoms with van der Waals surface area (Å²) in [7, 11) is 1.64. The van der Waals surface area contributed by atoms with E-state index in [2.05, 4.69) is 0 Å². The monoisotopic (exact) mass is 210 g/mol. The van der Waals surface area contributed by atoms with Gasteiger partial charge in [-0.25, -0.2) is 0 Å². The number of benzene rings is 1. The number of hydrogen-bond acceptors (Lipinski definition) is 3. The van der Waals surface area contributed by atoms with E-state index >= 15 is 0 Å². The predicted molar refractivity (Wildman–Crippen MR) is 60.1 cm³/mol. The van der Waals surface area contributed by atoms with Crippen molar-refractivity contribution in [2.75, 3.05) is 20.3 Å². The van der Waals surface area contributed by atoms with Gasteiger partial charge in [-0.15, -0.1) is 0 Å². The lowest BCUT2D eigenvalue weighted by Crippen LogP contribution is -2.00. The number of hydrogen-bond donors (Lipinski definition) is 0. The summed E-state index contributed by atoms with van der Waals surface area (Å²) < 4.78 is 16.2. The second-order valence-electron chi connectivity index (χ2n) is 3.09. The van der Waals surface area contributed by atoms with Crippen molar-refractivity contribution >= 4 is 0 Å². The third kappa shape index (κ3) is 2.55. The third-order valence-corrected chi connectivity index (χ3v) is 2.12. The van der Waals surface area contributed by atoms with Crippen LogP contribution in [-0.4, -0.2) is 20.3 Å². The normalized spacial score (nSPS) is 9.87. The van der Waals surface area contributed by atoms with Crippen LogP contribution in [0.15, 0.2) is 12.1 Å². The molecule has 3 nitrogen and oxygen atoms in total. The van der Waals surface area contributed by atoms with Crippen molar-refractivity contribution in [2.24, 2.45) is 0 Å². The lowest BCUT2D eigenvalue weighted by atomic mass is 10.2. The summed E-state index contributed by atoms with van der Waals surface area (Å²) in [6, 6.07) is 3.78. The Morgan fingerprint density at radius 3 is 2.07 bits per heavy atom. The predicted octanol–water partition coefficient (Wildman–Crippen LogP) is 2.80. The maximum absolute atomic E-state index is 5.48. The number of methoxy groups -OCH3 is 1. The summed E-state index contributed by atoms with van der Waals surface area (Å²) >= 11 is 0. The zero-order valence-electron chi connectivity index (χ0n) is 9.79. The SMILES string of the molecule is CCOc1ccc(OCC)c(OC)c1C. The smallest absolute Gasteiger partial charge is 0.167 e. The highest BCUT2D eigenvalue weighted by atomic mass is 16.5. The molecule has 0 atom stereocenters. The molecule has 0 unspecified atom stereocenters. The lowest BCUT2D eigenvalue weighted by molar-refractivity contribution is 0.301. The third-order valence-electron chi connectivity index (χ3n) is 2.12. The minimum atomic E-state index is 0.629. The summed E-state index contributed by atoms with van der Waals surface area (Å²) in [4.78, 5) is 0. The highest BCUT2D eigenvalue weighted by Gasteiger charge is 2.11. The van der Waals surface area contributed by atoms with E-state index in [9.17, 15) is 0 Å². The van der Waals surface area contributed by atoms with Crippen LogP contribution in [0.4, 0.5) is 0 Å². The highest BCUT2D eigenvalue weighted by Crippen LogP contribution is 2.36. The summed E-state index contributed by atoms with van der Waals surface area (Å²) in [6.07, 6.45) is 0. The zero-order valence-corrected chi connectivity index (χ0v) is 9.79. The first-order valence-corrected chi connectivity index (χ1v) is 5.17. The highest BCUT2D eigenvalue weighted by molar-refractivity contribution is 5.53. The van der Waals surface area contributed by atoms with Gasteiger partial charge < -0.3 is 14.2 Å². The van der Waals surface area contributed by atoms with Gasteiger partial charge in [-0.1, -0.05) is 0 Å². The first kappa shape index (κ1) is 11.7. The Morgan fingerprint density at radius 2 is 1.53 bits per heavy atom. The Balaban J connectivity index is 3.08. The van der Waals surface area contributed by atoms with Gasteiger partial charge >= 0.3 is 0 Å². The van der Waals surface area contributed by atoms with Crippen molar-refractivity contribution in [1.29, 1.82) is 0 Å². The average Bonchev–Trinajstić information content (AvgIpc) is 2.23. The van der Waals surface area contributed by atoms with Crippen LogP contribution in [0.1, 0.15) is 19.4 Å². The molecule has 0 N–H and O–H groups in total. The topological polar surface area (TPSA) is 27.7 Å². The van der Waals surface area contributed by atoms with Crippen LogP contribution in [0.2, 0.25) is 0 Å². The summed E-state index contributed by atoms with van der Waals surface area (Å²) in [5.41, 5.74) is 0.977. The van der Waals surface area contributed by atoms with E-state index in [1.165, 1.54) is 0 Å². The fourth-order valence-electron chi connectivity index (χ4n) is 1.48. The van der Waals surface area contributed by atoms with Gasteiger partial charge in [0.2, 0.25) is 0 Å². The molecule has 0 saturated carbocycles. The fraction of sp³-hybridized carbons (Fsp3) is 0.500. The van der Waals surface area contributed by atoms with Crippen LogP contribution in [0.5, 0.6) is 17.2 Å². The molecular formula is C12H18O3. The van der Waals surface area contributed by atoms with E-state index in [0.717, 1.165) is 22.8 Å². The van der Waals surface area contributed by atoms with Crippen molar-refractivity contribution in [2.45, 2.75) is 20.8 Å². The molecule has 0 aromatic heterocycles. The Bertz CT molecular complexity index is 321. The van der Waals surface area contributed by atoms with Gasteiger partial charge in [0.1, 0.15) is 5.75 Å². The van der Waals surface area contributed by atoms with E-state index < -0.39 is 0 Å². The fourth-order valence-corrected chi connectivity index (χ4v) is 1.48. The van der Waals surface area contributed by atoms with Gasteiger partial charge in [0.05, 0.1) is 20.3 Å². The summed E-state index contributed by atoms with van der Waals surface area (Å²) in [6.45, 7) is 7.15. The molecule has 1 rings (SSSR count). The Morgan fingerprint density at radius 1 is 1.00 bits per heavy atom. The van der Waals surface area contributed by atoms with E-state index in [0.29, 0.717) is 13.2 Å². The quantitative estimate of drug-likeness (QED) is 0.748. The van der Waals surface area contributed by atoms with Crippen LogP contribution in [-0.2, 0) is 0 Å². The molecule has 0 aliphatic rings. The van der Waals surface area contributed by atoms with E-state index in [-0.39, 0.29) is 0 Å². The van der Waals surface area contributed by atoms with E-state index in [4.69, 9.17) is 14.2 Å². The van der Waals surface area contributed by atoms with Crippen molar-refractivity contribution in [1.82, 2.24) is 0 Å². The lowest BCUT2D eigenvalue weighted by Gasteiger charge is -2.14. The average molecular weight is 210 g/mol. The minimum absolute atomic E-state index is 0.629. The maximum Gasteiger partial charge on any atom is 0.167 e. The standard InChI is InChI=1S/C12H18O3/c1-5-14-10-7-8-11(15-6-2)12(13-4)9(10)3/h7-8H,5-6H2,1-4H3. The molecular weight excluding hydrogens is 192 g/mol. The molecule has 0 aliphatic heterocycles. The summed E-state index contributed by atoms with van der Waals surface area (Å²) in [5, 5.41) is 0. The Hall–Kier alpha value is -1.38. The molecule has 0 fully saturated rings. The molecule has 0 saturated heterocycles.